The van der Waals surface area contributed by atoms with Crippen molar-refractivity contribution in [1.82, 2.24) is 10.2 Å². The van der Waals surface area contributed by atoms with Crippen LogP contribution in [0.5, 0.6) is 0 Å². The molecule has 3 aromatic rings. The van der Waals surface area contributed by atoms with E-state index < -0.39 is 5.91 Å². The highest BCUT2D eigenvalue weighted by Gasteiger charge is 2.35. The summed E-state index contributed by atoms with van der Waals surface area (Å²) < 4.78 is 13.0. The van der Waals surface area contributed by atoms with E-state index in [9.17, 15) is 18.8 Å². The third-order valence-corrected chi connectivity index (χ3v) is 5.03. The maximum absolute atomic E-state index is 13.0. The lowest BCUT2D eigenvalue weighted by Gasteiger charge is -2.13. The average Bonchev–Trinajstić information content (AvgIpc) is 3.00. The molecule has 0 aromatic heterocycles. The van der Waals surface area contributed by atoms with Gasteiger partial charge < -0.3 is 5.32 Å². The zero-order valence-corrected chi connectivity index (χ0v) is 16.1. The van der Waals surface area contributed by atoms with Crippen LogP contribution in [-0.4, -0.2) is 29.2 Å². The summed E-state index contributed by atoms with van der Waals surface area (Å²) in [6, 6.07) is 19.9. The van der Waals surface area contributed by atoms with Crippen LogP contribution < -0.4 is 5.32 Å². The van der Waals surface area contributed by atoms with E-state index in [1.165, 1.54) is 29.2 Å². The molecule has 6 heteroatoms. The first-order chi connectivity index (χ1) is 14.5. The largest absolute Gasteiger partial charge is 0.352 e. The van der Waals surface area contributed by atoms with Gasteiger partial charge in [0.25, 0.3) is 17.7 Å². The van der Waals surface area contributed by atoms with Crippen molar-refractivity contribution in [3.63, 3.8) is 0 Å². The Bertz CT molecular complexity index is 1110. The molecule has 1 aliphatic heterocycles. The van der Waals surface area contributed by atoms with Crippen molar-refractivity contribution in [2.45, 2.75) is 13.0 Å². The van der Waals surface area contributed by atoms with Crippen molar-refractivity contribution >= 4 is 17.7 Å². The van der Waals surface area contributed by atoms with Gasteiger partial charge >= 0.3 is 0 Å². The van der Waals surface area contributed by atoms with Crippen molar-refractivity contribution < 1.29 is 18.8 Å². The molecule has 0 saturated carbocycles. The van der Waals surface area contributed by atoms with E-state index in [1.807, 2.05) is 30.3 Å². The molecular weight excluding hydrogens is 383 g/mol. The lowest BCUT2D eigenvalue weighted by molar-refractivity contribution is 0.0642. The van der Waals surface area contributed by atoms with E-state index in [4.69, 9.17) is 0 Å². The van der Waals surface area contributed by atoms with Crippen molar-refractivity contribution in [3.05, 3.63) is 106 Å². The van der Waals surface area contributed by atoms with Gasteiger partial charge in [0.1, 0.15) is 5.82 Å². The van der Waals surface area contributed by atoms with E-state index in [2.05, 4.69) is 5.32 Å². The summed E-state index contributed by atoms with van der Waals surface area (Å²) in [6.45, 7) is 0.556. The fourth-order valence-electron chi connectivity index (χ4n) is 3.42. The molecule has 0 spiro atoms. The fourth-order valence-corrected chi connectivity index (χ4v) is 3.42. The Kier molecular flexibility index (Phi) is 5.39. The number of carbonyl (C=O) groups is 3. The van der Waals surface area contributed by atoms with Gasteiger partial charge in [0.15, 0.2) is 0 Å². The van der Waals surface area contributed by atoms with Crippen LogP contribution in [-0.2, 0) is 13.0 Å². The second-order valence-corrected chi connectivity index (χ2v) is 7.07. The third kappa shape index (κ3) is 3.98. The molecule has 0 fully saturated rings. The third-order valence-electron chi connectivity index (χ3n) is 5.03. The second-order valence-electron chi connectivity index (χ2n) is 7.07. The van der Waals surface area contributed by atoms with Gasteiger partial charge in [-0.15, -0.1) is 0 Å². The molecule has 0 unspecified atom stereocenters. The Morgan fingerprint density at radius 3 is 2.27 bits per heavy atom. The quantitative estimate of drug-likeness (QED) is 0.641. The molecule has 0 radical (unpaired) electrons. The van der Waals surface area contributed by atoms with Gasteiger partial charge in [-0.25, -0.2) is 4.39 Å². The van der Waals surface area contributed by atoms with Crippen molar-refractivity contribution in [1.29, 1.82) is 0 Å². The minimum absolute atomic E-state index is 0.187. The molecule has 30 heavy (non-hydrogen) atoms. The number of hydrogen-bond donors (Lipinski definition) is 1. The topological polar surface area (TPSA) is 66.5 Å². The number of imide groups is 1. The van der Waals surface area contributed by atoms with Gasteiger partial charge in [-0.3, -0.25) is 19.3 Å². The van der Waals surface area contributed by atoms with Crippen LogP contribution in [0.25, 0.3) is 0 Å². The number of benzene rings is 3. The fraction of sp³-hybridized carbons (Fsp3) is 0.125. The van der Waals surface area contributed by atoms with Gasteiger partial charge in [0.05, 0.1) is 17.7 Å². The van der Waals surface area contributed by atoms with Crippen LogP contribution >= 0.6 is 0 Å². The molecule has 1 aliphatic rings. The van der Waals surface area contributed by atoms with Crippen LogP contribution in [0.1, 0.15) is 42.2 Å². The van der Waals surface area contributed by atoms with Crippen LogP contribution in [0.15, 0.2) is 72.8 Å². The molecule has 3 aromatic carbocycles. The molecule has 4 rings (SSSR count). The standard InChI is InChI=1S/C24H19FN2O3/c25-19-9-6-16(7-10-19)12-13-26-22(28)18-8-11-20-21(14-18)24(30)27(23(20)29)15-17-4-2-1-3-5-17/h1-11,14H,12-13,15H2,(H,26,28). The number of nitrogens with zero attached hydrogens (tertiary/aromatic N) is 1. The first-order valence-electron chi connectivity index (χ1n) is 9.60. The maximum atomic E-state index is 13.0. The van der Waals surface area contributed by atoms with Gasteiger partial charge in [-0.2, -0.15) is 0 Å². The van der Waals surface area contributed by atoms with E-state index in [0.717, 1.165) is 11.1 Å². The highest BCUT2D eigenvalue weighted by atomic mass is 19.1. The smallest absolute Gasteiger partial charge is 0.261 e. The Labute approximate surface area is 173 Å². The second kappa shape index (κ2) is 8.29. The van der Waals surface area contributed by atoms with Crippen molar-refractivity contribution in [3.8, 4) is 0 Å². The summed E-state index contributed by atoms with van der Waals surface area (Å²) in [7, 11) is 0. The first kappa shape index (κ1) is 19.5. The summed E-state index contributed by atoms with van der Waals surface area (Å²) in [5, 5.41) is 2.79. The van der Waals surface area contributed by atoms with Crippen LogP contribution in [0.2, 0.25) is 0 Å². The van der Waals surface area contributed by atoms with E-state index >= 15 is 0 Å². The predicted molar refractivity (Wildman–Crippen MR) is 110 cm³/mol. The summed E-state index contributed by atoms with van der Waals surface area (Å²) in [5.74, 6) is -1.40. The molecule has 0 bridgehead atoms. The summed E-state index contributed by atoms with van der Waals surface area (Å²) in [5.41, 5.74) is 2.62. The number of amides is 3. The molecule has 3 amide bonds. The van der Waals surface area contributed by atoms with Crippen LogP contribution in [0, 0.1) is 5.82 Å². The lowest BCUT2D eigenvalue weighted by Crippen LogP contribution is -2.29. The van der Waals surface area contributed by atoms with Gasteiger partial charge in [-0.1, -0.05) is 42.5 Å². The van der Waals surface area contributed by atoms with Crippen LogP contribution in [0.3, 0.4) is 0 Å². The number of fused-ring (bicyclic) bond motifs is 1. The van der Waals surface area contributed by atoms with E-state index in [-0.39, 0.29) is 29.7 Å². The molecule has 0 atom stereocenters. The minimum atomic E-state index is -0.403. The van der Waals surface area contributed by atoms with E-state index in [0.29, 0.717) is 24.1 Å². The SMILES string of the molecule is O=C(NCCc1ccc(F)cc1)c1ccc2c(c1)C(=O)N(Cc1ccccc1)C2=O. The Morgan fingerprint density at radius 2 is 1.53 bits per heavy atom. The molecule has 0 saturated heterocycles. The number of halogens is 1. The lowest BCUT2D eigenvalue weighted by atomic mass is 10.1. The zero-order valence-electron chi connectivity index (χ0n) is 16.1. The van der Waals surface area contributed by atoms with Gasteiger partial charge in [0.2, 0.25) is 0 Å². The van der Waals surface area contributed by atoms with E-state index in [1.54, 1.807) is 18.2 Å². The normalized spacial score (nSPS) is 12.8. The average molecular weight is 402 g/mol. The highest BCUT2D eigenvalue weighted by molar-refractivity contribution is 6.22. The van der Waals surface area contributed by atoms with Gasteiger partial charge in [0, 0.05) is 12.1 Å². The molecule has 0 aliphatic carbocycles. The van der Waals surface area contributed by atoms with Crippen molar-refractivity contribution in [2.75, 3.05) is 6.54 Å². The number of rotatable bonds is 6. The minimum Gasteiger partial charge on any atom is -0.352 e. The molecule has 150 valence electrons. The Balaban J connectivity index is 1.43. The zero-order chi connectivity index (χ0) is 21.1. The monoisotopic (exact) mass is 402 g/mol. The predicted octanol–water partition coefficient (Wildman–Crippen LogP) is 3.59. The summed E-state index contributed by atoms with van der Waals surface area (Å²) in [6.07, 6.45) is 0.555. The molecule has 5 nitrogen and oxygen atoms in total. The number of carbonyl (C=O) groups excluding carboxylic acids is 3. The maximum Gasteiger partial charge on any atom is 0.261 e. The van der Waals surface area contributed by atoms with Gasteiger partial charge in [-0.05, 0) is 47.9 Å². The molecule has 1 N–H and O–H groups in total. The molecule has 1 heterocycles. The summed E-state index contributed by atoms with van der Waals surface area (Å²) in [4.78, 5) is 39.0. The Morgan fingerprint density at radius 1 is 0.833 bits per heavy atom. The molecular formula is C24H19FN2O3. The first-order valence-corrected chi connectivity index (χ1v) is 9.60. The van der Waals surface area contributed by atoms with Crippen molar-refractivity contribution in [2.24, 2.45) is 0 Å². The Hall–Kier alpha value is -3.80. The number of nitrogens with one attached hydrogen (secondary N) is 1. The number of hydrogen-bond acceptors (Lipinski definition) is 3. The highest BCUT2D eigenvalue weighted by Crippen LogP contribution is 2.25. The van der Waals surface area contributed by atoms with Crippen LogP contribution in [0.4, 0.5) is 4.39 Å². The summed E-state index contributed by atoms with van der Waals surface area (Å²) >= 11 is 0.